The first-order valence-corrected chi connectivity index (χ1v) is 10.8. The first-order chi connectivity index (χ1) is 14.5. The number of aliphatic hydroxyl groups is 1. The first kappa shape index (κ1) is 22.9. The van der Waals surface area contributed by atoms with Gasteiger partial charge in [0.25, 0.3) is 10.0 Å². The maximum Gasteiger partial charge on any atom is 0.416 e. The molecule has 0 aromatic heterocycles. The number of nitrogens with one attached hydrogen (secondary N) is 1. The number of carbonyl (C=O) groups excluding carboxylic acids is 1. The molecule has 31 heavy (non-hydrogen) atoms. The lowest BCUT2D eigenvalue weighted by Crippen LogP contribution is -2.51. The van der Waals surface area contributed by atoms with Gasteiger partial charge in [-0.05, 0) is 42.3 Å². The Morgan fingerprint density at radius 2 is 1.90 bits per heavy atom. The van der Waals surface area contributed by atoms with E-state index in [1.165, 1.54) is 12.1 Å². The lowest BCUT2D eigenvalue weighted by atomic mass is 10.1. The second-order valence-electron chi connectivity index (χ2n) is 7.06. The number of anilines is 2. The Labute approximate surface area is 177 Å². The van der Waals surface area contributed by atoms with E-state index in [1.807, 2.05) is 0 Å². The van der Waals surface area contributed by atoms with Crippen molar-refractivity contribution in [2.75, 3.05) is 29.8 Å². The average molecular weight is 458 g/mol. The van der Waals surface area contributed by atoms with Crippen LogP contribution in [-0.4, -0.2) is 45.8 Å². The molecule has 1 fully saturated rings. The van der Waals surface area contributed by atoms with Crippen LogP contribution in [0.5, 0.6) is 0 Å². The van der Waals surface area contributed by atoms with Gasteiger partial charge in [0.1, 0.15) is 0 Å². The molecular formula is C20H21F3N2O5S. The van der Waals surface area contributed by atoms with Gasteiger partial charge in [-0.2, -0.15) is 13.2 Å². The minimum Gasteiger partial charge on any atom is -0.465 e. The number of alkyl halides is 3. The number of methoxy groups -OCH3 is 1. The van der Waals surface area contributed by atoms with Gasteiger partial charge < -0.3 is 14.7 Å². The highest BCUT2D eigenvalue weighted by Crippen LogP contribution is 2.38. The van der Waals surface area contributed by atoms with Gasteiger partial charge in [0.2, 0.25) is 0 Å². The molecule has 2 aromatic carbocycles. The summed E-state index contributed by atoms with van der Waals surface area (Å²) in [5.74, 6) is -0.742. The summed E-state index contributed by atoms with van der Waals surface area (Å²) in [6.45, 7) is 2.04. The highest BCUT2D eigenvalue weighted by molar-refractivity contribution is 7.92. The van der Waals surface area contributed by atoms with Gasteiger partial charge in [-0.15, -0.1) is 0 Å². The molecule has 168 valence electrons. The fourth-order valence-corrected chi connectivity index (χ4v) is 4.67. The number of rotatable bonds is 6. The van der Waals surface area contributed by atoms with Crippen molar-refractivity contribution in [2.24, 2.45) is 0 Å². The number of aryl methyl sites for hydroxylation is 1. The van der Waals surface area contributed by atoms with Crippen molar-refractivity contribution in [1.29, 1.82) is 0 Å². The number of hydrogen-bond donors (Lipinski definition) is 2. The smallest absolute Gasteiger partial charge is 0.416 e. The number of esters is 1. The van der Waals surface area contributed by atoms with E-state index < -0.39 is 33.8 Å². The Hall–Kier alpha value is -2.79. The van der Waals surface area contributed by atoms with Crippen molar-refractivity contribution in [1.82, 2.24) is 0 Å². The van der Waals surface area contributed by atoms with Crippen molar-refractivity contribution in [3.8, 4) is 0 Å². The maximum atomic E-state index is 13.2. The zero-order valence-electron chi connectivity index (χ0n) is 16.7. The third-order valence-electron chi connectivity index (χ3n) is 4.93. The summed E-state index contributed by atoms with van der Waals surface area (Å²) in [7, 11) is -3.20. The van der Waals surface area contributed by atoms with Gasteiger partial charge in [-0.25, -0.2) is 13.2 Å². The zero-order chi connectivity index (χ0) is 23.0. The number of hydrogen-bond acceptors (Lipinski definition) is 6. The van der Waals surface area contributed by atoms with Gasteiger partial charge >= 0.3 is 12.1 Å². The Bertz CT molecular complexity index is 1100. The molecule has 0 atom stereocenters. The van der Waals surface area contributed by atoms with Crippen molar-refractivity contribution >= 4 is 27.4 Å². The van der Waals surface area contributed by atoms with E-state index >= 15 is 0 Å². The lowest BCUT2D eigenvalue weighted by Gasteiger charge is -2.39. The number of sulfonamides is 1. The second-order valence-corrected chi connectivity index (χ2v) is 8.71. The fraction of sp³-hybridized carbons (Fsp3) is 0.350. The molecule has 0 aliphatic carbocycles. The summed E-state index contributed by atoms with van der Waals surface area (Å²) in [5.41, 5.74) is -0.700. The van der Waals surface area contributed by atoms with Crippen LogP contribution >= 0.6 is 0 Å². The Balaban J connectivity index is 2.07. The maximum absolute atomic E-state index is 13.2. The predicted octanol–water partition coefficient (Wildman–Crippen LogP) is 3.04. The summed E-state index contributed by atoms with van der Waals surface area (Å²) in [5, 5.41) is 9.54. The van der Waals surface area contributed by atoms with Gasteiger partial charge in [0.05, 0.1) is 40.6 Å². The van der Waals surface area contributed by atoms with E-state index in [1.54, 1.807) is 11.8 Å². The Morgan fingerprint density at radius 3 is 2.45 bits per heavy atom. The monoisotopic (exact) mass is 458 g/mol. The molecule has 0 saturated carbocycles. The molecule has 1 aliphatic heterocycles. The minimum atomic E-state index is -4.67. The van der Waals surface area contributed by atoms with Crippen LogP contribution in [0.3, 0.4) is 0 Å². The molecule has 1 aliphatic rings. The van der Waals surface area contributed by atoms with Crippen LogP contribution in [0.15, 0.2) is 41.3 Å². The molecule has 1 saturated heterocycles. The van der Waals surface area contributed by atoms with E-state index in [4.69, 9.17) is 0 Å². The van der Waals surface area contributed by atoms with E-state index in [-0.39, 0.29) is 34.9 Å². The summed E-state index contributed by atoms with van der Waals surface area (Å²) >= 11 is 0. The predicted molar refractivity (Wildman–Crippen MR) is 108 cm³/mol. The van der Waals surface area contributed by atoms with Crippen LogP contribution < -0.4 is 9.62 Å². The SMILES string of the molecule is CCc1ccc(C(=O)OC)cc1S(=O)(=O)Nc1cc(C(F)(F)F)ccc1N1CC(O)C1. The third-order valence-corrected chi connectivity index (χ3v) is 6.38. The largest absolute Gasteiger partial charge is 0.465 e. The van der Waals surface area contributed by atoms with Crippen LogP contribution in [0.4, 0.5) is 24.5 Å². The van der Waals surface area contributed by atoms with Gasteiger partial charge in [0.15, 0.2) is 0 Å². The summed E-state index contributed by atoms with van der Waals surface area (Å²) in [6.07, 6.45) is -5.01. The molecule has 0 amide bonds. The van der Waals surface area contributed by atoms with Crippen molar-refractivity contribution in [3.05, 3.63) is 53.1 Å². The van der Waals surface area contributed by atoms with Gasteiger partial charge in [-0.1, -0.05) is 13.0 Å². The normalized spacial score (nSPS) is 14.8. The van der Waals surface area contributed by atoms with E-state index in [9.17, 15) is 31.5 Å². The number of carbonyl (C=O) groups is 1. The number of nitrogens with zero attached hydrogens (tertiary/aromatic N) is 1. The van der Waals surface area contributed by atoms with Crippen molar-refractivity contribution < 1.29 is 36.2 Å². The number of ether oxygens (including phenoxy) is 1. The molecule has 7 nitrogen and oxygen atoms in total. The zero-order valence-corrected chi connectivity index (χ0v) is 17.5. The van der Waals surface area contributed by atoms with Crippen LogP contribution in [-0.2, 0) is 27.4 Å². The summed E-state index contributed by atoms with van der Waals surface area (Å²) in [6, 6.07) is 6.74. The van der Waals surface area contributed by atoms with Crippen LogP contribution in [0.1, 0.15) is 28.4 Å². The number of aliphatic hydroxyl groups excluding tert-OH is 1. The Kier molecular flexibility index (Phi) is 6.19. The number of halogens is 3. The van der Waals surface area contributed by atoms with Gasteiger partial charge in [0, 0.05) is 13.1 Å². The topological polar surface area (TPSA) is 95.9 Å². The van der Waals surface area contributed by atoms with Crippen LogP contribution in [0.25, 0.3) is 0 Å². The molecule has 2 N–H and O–H groups in total. The lowest BCUT2D eigenvalue weighted by molar-refractivity contribution is -0.137. The first-order valence-electron chi connectivity index (χ1n) is 9.34. The van der Waals surface area contributed by atoms with Crippen molar-refractivity contribution in [2.45, 2.75) is 30.5 Å². The van der Waals surface area contributed by atoms with Crippen LogP contribution in [0.2, 0.25) is 0 Å². The quantitative estimate of drug-likeness (QED) is 0.646. The molecule has 3 rings (SSSR count). The fourth-order valence-electron chi connectivity index (χ4n) is 3.26. The molecule has 11 heteroatoms. The number of β-amino-alcohol motifs (C(OH)–C–C–N with tert-alkyl or cyclic N) is 1. The Morgan fingerprint density at radius 1 is 1.23 bits per heavy atom. The molecular weight excluding hydrogens is 437 g/mol. The summed E-state index contributed by atoms with van der Waals surface area (Å²) in [4.78, 5) is 13.2. The highest BCUT2D eigenvalue weighted by atomic mass is 32.2. The third kappa shape index (κ3) is 4.77. The molecule has 0 spiro atoms. The number of benzene rings is 2. The van der Waals surface area contributed by atoms with E-state index in [2.05, 4.69) is 9.46 Å². The molecule has 0 unspecified atom stereocenters. The average Bonchev–Trinajstić information content (AvgIpc) is 2.69. The van der Waals surface area contributed by atoms with Crippen LogP contribution in [0, 0.1) is 0 Å². The van der Waals surface area contributed by atoms with E-state index in [0.717, 1.165) is 25.3 Å². The molecule has 1 heterocycles. The van der Waals surface area contributed by atoms with Crippen molar-refractivity contribution in [3.63, 3.8) is 0 Å². The molecule has 0 radical (unpaired) electrons. The highest BCUT2D eigenvalue weighted by Gasteiger charge is 2.34. The second kappa shape index (κ2) is 8.39. The minimum absolute atomic E-state index is 0.00444. The molecule has 2 aromatic rings. The van der Waals surface area contributed by atoms with E-state index in [0.29, 0.717) is 18.1 Å². The summed E-state index contributed by atoms with van der Waals surface area (Å²) < 4.78 is 72.8. The van der Waals surface area contributed by atoms with Gasteiger partial charge in [-0.3, -0.25) is 4.72 Å². The molecule has 0 bridgehead atoms. The standard InChI is InChI=1S/C20H21F3N2O5S/c1-3-12-4-5-13(19(27)30-2)8-18(12)31(28,29)24-16-9-14(20(21,22)23)6-7-17(16)25-10-15(26)11-25/h4-9,15,24,26H,3,10-11H2,1-2H3.